The number of sulfone groups is 1. The molecular formula is C22H19F2N3O4S3. The van der Waals surface area contributed by atoms with Gasteiger partial charge in [-0.3, -0.25) is 9.59 Å². The summed E-state index contributed by atoms with van der Waals surface area (Å²) in [6.07, 6.45) is 1.55. The Morgan fingerprint density at radius 1 is 1.12 bits per heavy atom. The second-order valence-electron chi connectivity index (χ2n) is 6.66. The van der Waals surface area contributed by atoms with Crippen LogP contribution in [0.3, 0.4) is 0 Å². The minimum Gasteiger partial charge on any atom is -0.352 e. The molecule has 0 fully saturated rings. The van der Waals surface area contributed by atoms with Gasteiger partial charge in [-0.25, -0.2) is 13.4 Å². The van der Waals surface area contributed by atoms with Crippen molar-refractivity contribution < 1.29 is 26.8 Å². The molecule has 0 unspecified atom stereocenters. The van der Waals surface area contributed by atoms with Crippen LogP contribution in [0.1, 0.15) is 10.4 Å². The van der Waals surface area contributed by atoms with E-state index in [1.54, 1.807) is 36.4 Å². The van der Waals surface area contributed by atoms with E-state index in [4.69, 9.17) is 0 Å². The van der Waals surface area contributed by atoms with E-state index >= 15 is 0 Å². The number of thioether (sulfide) groups is 1. The van der Waals surface area contributed by atoms with Crippen LogP contribution >= 0.6 is 23.1 Å². The number of hydrogen-bond donors (Lipinski definition) is 2. The van der Waals surface area contributed by atoms with Gasteiger partial charge in [0, 0.05) is 12.1 Å². The molecule has 0 spiro atoms. The summed E-state index contributed by atoms with van der Waals surface area (Å²) >= 11 is 2.24. The third-order valence-corrected chi connectivity index (χ3v) is 7.88. The smallest absolute Gasteiger partial charge is 0.341 e. The fourth-order valence-corrected chi connectivity index (χ4v) is 5.59. The first-order valence-corrected chi connectivity index (χ1v) is 13.1. The number of carbonyl (C=O) groups is 2. The van der Waals surface area contributed by atoms with Crippen molar-refractivity contribution in [1.82, 2.24) is 10.3 Å². The predicted octanol–water partition coefficient (Wildman–Crippen LogP) is 4.45. The maximum absolute atomic E-state index is 13.1. The zero-order valence-electron chi connectivity index (χ0n) is 17.5. The van der Waals surface area contributed by atoms with Crippen LogP contribution in [0.5, 0.6) is 0 Å². The molecule has 0 bridgehead atoms. The van der Waals surface area contributed by atoms with Crippen LogP contribution in [0, 0.1) is 0 Å². The van der Waals surface area contributed by atoms with Gasteiger partial charge in [0.25, 0.3) is 5.91 Å². The van der Waals surface area contributed by atoms with Gasteiger partial charge >= 0.3 is 5.76 Å². The standard InChI is InChI=1S/C22H19F2N3O4S3/c1-2-12-25-17(28)13-32-22-26-18(14-8-4-3-5-9-14)20(33-22)27-19(29)15-10-6-7-11-16(15)34(30,31)21(23)24/h2-11,21H,1,12-13H2,(H,25,28)(H,27,29). The number of nitrogens with one attached hydrogen (secondary N) is 2. The Bertz CT molecular complexity index is 1300. The quantitative estimate of drug-likeness (QED) is 0.300. The van der Waals surface area contributed by atoms with Crippen LogP contribution in [-0.2, 0) is 14.6 Å². The number of aromatic nitrogens is 1. The zero-order valence-corrected chi connectivity index (χ0v) is 20.0. The van der Waals surface area contributed by atoms with Gasteiger partial charge in [-0.05, 0) is 12.1 Å². The Balaban J connectivity index is 1.92. The fourth-order valence-electron chi connectivity index (χ4n) is 2.77. The van der Waals surface area contributed by atoms with E-state index in [1.165, 1.54) is 12.1 Å². The molecule has 34 heavy (non-hydrogen) atoms. The molecule has 3 rings (SSSR count). The third-order valence-electron chi connectivity index (χ3n) is 4.32. The SMILES string of the molecule is C=CCNC(=O)CSc1nc(-c2ccccc2)c(NC(=O)c2ccccc2S(=O)(=O)C(F)F)s1. The highest BCUT2D eigenvalue weighted by Gasteiger charge is 2.31. The normalized spacial score (nSPS) is 11.3. The minimum atomic E-state index is -4.99. The maximum atomic E-state index is 13.1. The first-order chi connectivity index (χ1) is 16.2. The van der Waals surface area contributed by atoms with Crippen LogP contribution < -0.4 is 10.6 Å². The molecule has 2 N–H and O–H groups in total. The molecule has 0 aliphatic rings. The van der Waals surface area contributed by atoms with Crippen LogP contribution in [0.2, 0.25) is 0 Å². The second-order valence-corrected chi connectivity index (χ2v) is 10.8. The molecular weight excluding hydrogens is 504 g/mol. The molecule has 12 heteroatoms. The molecule has 0 aliphatic heterocycles. The first-order valence-electron chi connectivity index (χ1n) is 9.73. The van der Waals surface area contributed by atoms with Gasteiger partial charge in [-0.1, -0.05) is 71.6 Å². The molecule has 0 saturated carbocycles. The second kappa shape index (κ2) is 11.4. The Labute approximate surface area is 203 Å². The van der Waals surface area contributed by atoms with Gasteiger partial charge in [-0.15, -0.1) is 6.58 Å². The molecule has 1 aromatic heterocycles. The lowest BCUT2D eigenvalue weighted by Crippen LogP contribution is -2.24. The highest BCUT2D eigenvalue weighted by atomic mass is 32.2. The van der Waals surface area contributed by atoms with E-state index in [-0.39, 0.29) is 16.7 Å². The number of hydrogen-bond acceptors (Lipinski definition) is 7. The van der Waals surface area contributed by atoms with E-state index in [0.29, 0.717) is 22.1 Å². The molecule has 2 amide bonds. The number of anilines is 1. The van der Waals surface area contributed by atoms with Gasteiger partial charge in [0.05, 0.1) is 16.2 Å². The Morgan fingerprint density at radius 3 is 2.47 bits per heavy atom. The summed E-state index contributed by atoms with van der Waals surface area (Å²) in [5.41, 5.74) is 0.667. The molecule has 1 heterocycles. The van der Waals surface area contributed by atoms with Gasteiger partial charge in [-0.2, -0.15) is 8.78 Å². The van der Waals surface area contributed by atoms with Crippen molar-refractivity contribution in [3.05, 3.63) is 72.8 Å². The lowest BCUT2D eigenvalue weighted by Gasteiger charge is -2.10. The van der Waals surface area contributed by atoms with Gasteiger partial charge in [0.2, 0.25) is 15.7 Å². The van der Waals surface area contributed by atoms with E-state index in [1.807, 2.05) is 0 Å². The number of nitrogens with zero attached hydrogens (tertiary/aromatic N) is 1. The van der Waals surface area contributed by atoms with Crippen molar-refractivity contribution in [1.29, 1.82) is 0 Å². The summed E-state index contributed by atoms with van der Waals surface area (Å²) in [5, 5.41) is 5.54. The van der Waals surface area contributed by atoms with Crippen molar-refractivity contribution in [2.75, 3.05) is 17.6 Å². The van der Waals surface area contributed by atoms with E-state index < -0.39 is 32.0 Å². The highest BCUT2D eigenvalue weighted by Crippen LogP contribution is 2.38. The fraction of sp³-hybridized carbons (Fsp3) is 0.136. The average molecular weight is 524 g/mol. The van der Waals surface area contributed by atoms with Crippen molar-refractivity contribution in [2.45, 2.75) is 15.0 Å². The van der Waals surface area contributed by atoms with Crippen LogP contribution in [0.15, 0.2) is 76.5 Å². The van der Waals surface area contributed by atoms with Crippen LogP contribution in [0.4, 0.5) is 13.8 Å². The van der Waals surface area contributed by atoms with Gasteiger partial charge in [0.15, 0.2) is 4.34 Å². The lowest BCUT2D eigenvalue weighted by atomic mass is 10.1. The van der Waals surface area contributed by atoms with Gasteiger partial charge in [0.1, 0.15) is 10.7 Å². The molecule has 7 nitrogen and oxygen atoms in total. The lowest BCUT2D eigenvalue weighted by molar-refractivity contribution is -0.118. The highest BCUT2D eigenvalue weighted by molar-refractivity contribution is 8.01. The number of thiazole rings is 1. The number of halogens is 2. The molecule has 2 aromatic carbocycles. The summed E-state index contributed by atoms with van der Waals surface area (Å²) in [6.45, 7) is 3.86. The van der Waals surface area contributed by atoms with Crippen molar-refractivity contribution >= 4 is 49.8 Å². The molecule has 0 saturated heterocycles. The number of rotatable bonds is 10. The van der Waals surface area contributed by atoms with Crippen LogP contribution in [0.25, 0.3) is 11.3 Å². The summed E-state index contributed by atoms with van der Waals surface area (Å²) in [6, 6.07) is 13.7. The number of alkyl halides is 2. The maximum Gasteiger partial charge on any atom is 0.341 e. The topological polar surface area (TPSA) is 105 Å². The third kappa shape index (κ3) is 6.07. The summed E-state index contributed by atoms with van der Waals surface area (Å²) in [5.74, 6) is -4.68. The monoisotopic (exact) mass is 523 g/mol. The largest absolute Gasteiger partial charge is 0.352 e. The first kappa shape index (κ1) is 25.5. The minimum absolute atomic E-state index is 0.0818. The number of carbonyl (C=O) groups excluding carboxylic acids is 2. The van der Waals surface area contributed by atoms with E-state index in [0.717, 1.165) is 35.2 Å². The van der Waals surface area contributed by atoms with Crippen molar-refractivity contribution in [3.63, 3.8) is 0 Å². The average Bonchev–Trinajstić information content (AvgIpc) is 3.24. The summed E-state index contributed by atoms with van der Waals surface area (Å²) in [4.78, 5) is 28.6. The molecule has 3 aromatic rings. The summed E-state index contributed by atoms with van der Waals surface area (Å²) < 4.78 is 50.8. The zero-order chi connectivity index (χ0) is 24.7. The van der Waals surface area contributed by atoms with E-state index in [2.05, 4.69) is 22.2 Å². The molecule has 0 aliphatic carbocycles. The van der Waals surface area contributed by atoms with Gasteiger partial charge < -0.3 is 10.6 Å². The molecule has 0 radical (unpaired) electrons. The molecule has 178 valence electrons. The Kier molecular flexibility index (Phi) is 8.53. The molecule has 0 atom stereocenters. The van der Waals surface area contributed by atoms with Crippen molar-refractivity contribution in [3.8, 4) is 11.3 Å². The number of benzene rings is 2. The Morgan fingerprint density at radius 2 is 1.79 bits per heavy atom. The van der Waals surface area contributed by atoms with Crippen molar-refractivity contribution in [2.24, 2.45) is 0 Å². The summed E-state index contributed by atoms with van der Waals surface area (Å²) in [7, 11) is -4.99. The predicted molar refractivity (Wildman–Crippen MR) is 129 cm³/mol. The van der Waals surface area contributed by atoms with Crippen LogP contribution in [-0.4, -0.2) is 43.3 Å². The number of amides is 2. The van der Waals surface area contributed by atoms with E-state index in [9.17, 15) is 26.8 Å². The Hall–Kier alpha value is -3.09.